The number of aliphatic hydroxyl groups excluding tert-OH is 1. The van der Waals surface area contributed by atoms with Gasteiger partial charge in [0.15, 0.2) is 6.10 Å². The number of hydrogen-bond acceptors (Lipinski definition) is 5. The average Bonchev–Trinajstić information content (AvgIpc) is 2.62. The summed E-state index contributed by atoms with van der Waals surface area (Å²) < 4.78 is 11.3. The van der Waals surface area contributed by atoms with Gasteiger partial charge in [0.05, 0.1) is 0 Å². The predicted octanol–water partition coefficient (Wildman–Crippen LogP) is 3.78. The Kier molecular flexibility index (Phi) is 7.44. The highest BCUT2D eigenvalue weighted by molar-refractivity contribution is 5.84. The van der Waals surface area contributed by atoms with Gasteiger partial charge in [0.2, 0.25) is 0 Å². The predicted molar refractivity (Wildman–Crippen MR) is 99.2 cm³/mol. The van der Waals surface area contributed by atoms with Gasteiger partial charge in [-0.15, -0.1) is 0 Å². The summed E-state index contributed by atoms with van der Waals surface area (Å²) in [5, 5.41) is 21.5. The van der Waals surface area contributed by atoms with Gasteiger partial charge in [-0.05, 0) is 43.7 Å². The summed E-state index contributed by atoms with van der Waals surface area (Å²) in [7, 11) is 0. The zero-order chi connectivity index (χ0) is 18.9. The first-order valence-corrected chi connectivity index (χ1v) is 8.59. The molecule has 0 aliphatic heterocycles. The molecule has 1 amide bonds. The van der Waals surface area contributed by atoms with E-state index in [0.717, 1.165) is 5.56 Å². The number of phenols is 1. The molecule has 0 saturated carbocycles. The van der Waals surface area contributed by atoms with Crippen LogP contribution in [0.25, 0.3) is 0 Å². The molecule has 140 valence electrons. The number of aromatic hydroxyl groups is 1. The van der Waals surface area contributed by atoms with Crippen molar-refractivity contribution >= 4 is 11.8 Å². The van der Waals surface area contributed by atoms with Crippen molar-refractivity contribution in [2.24, 2.45) is 0 Å². The summed E-state index contributed by atoms with van der Waals surface area (Å²) >= 11 is 0. The summed E-state index contributed by atoms with van der Waals surface area (Å²) in [6, 6.07) is 13.7. The lowest BCUT2D eigenvalue weighted by atomic mass is 10.0. The van der Waals surface area contributed by atoms with Crippen molar-refractivity contribution in [2.75, 3.05) is 18.5 Å². The quantitative estimate of drug-likeness (QED) is 0.668. The zero-order valence-electron chi connectivity index (χ0n) is 15.0. The lowest BCUT2D eigenvalue weighted by Gasteiger charge is -2.27. The normalized spacial score (nSPS) is 13.0. The van der Waals surface area contributed by atoms with E-state index in [1.54, 1.807) is 24.3 Å². The van der Waals surface area contributed by atoms with Gasteiger partial charge in [-0.25, -0.2) is 4.79 Å². The highest BCUT2D eigenvalue weighted by atomic mass is 16.6. The van der Waals surface area contributed by atoms with Crippen LogP contribution >= 0.6 is 0 Å². The van der Waals surface area contributed by atoms with Gasteiger partial charge in [-0.3, -0.25) is 5.32 Å². The largest absolute Gasteiger partial charge is 0.508 e. The number of amides is 1. The Bertz CT molecular complexity index is 678. The lowest BCUT2D eigenvalue weighted by Crippen LogP contribution is -2.29. The first-order chi connectivity index (χ1) is 12.5. The van der Waals surface area contributed by atoms with E-state index in [-0.39, 0.29) is 12.4 Å². The summed E-state index contributed by atoms with van der Waals surface area (Å²) in [6.07, 6.45) is -1.52. The molecular formula is C20H25NO5. The molecule has 2 rings (SSSR count). The van der Waals surface area contributed by atoms with E-state index in [1.165, 1.54) is 12.1 Å². The third kappa shape index (κ3) is 5.75. The summed E-state index contributed by atoms with van der Waals surface area (Å²) in [5.74, 6) is 0.117. The number of benzene rings is 2. The SMILES string of the molecule is CCO[C@H](CCO)[C@H](OC(=O)Nc1ccc(C)cc1)c1ccc(O)cc1. The van der Waals surface area contributed by atoms with Gasteiger partial charge < -0.3 is 19.7 Å². The van der Waals surface area contributed by atoms with Crippen molar-refractivity contribution in [2.45, 2.75) is 32.5 Å². The third-order valence-corrected chi connectivity index (χ3v) is 3.89. The second kappa shape index (κ2) is 9.79. The van der Waals surface area contributed by atoms with Crippen LogP contribution < -0.4 is 5.32 Å². The molecule has 0 aliphatic carbocycles. The van der Waals surface area contributed by atoms with Gasteiger partial charge in [0.25, 0.3) is 0 Å². The van der Waals surface area contributed by atoms with Crippen LogP contribution in [0, 0.1) is 6.92 Å². The molecule has 0 aromatic heterocycles. The second-order valence-corrected chi connectivity index (χ2v) is 5.91. The molecule has 6 nitrogen and oxygen atoms in total. The van der Waals surface area contributed by atoms with E-state index in [9.17, 15) is 15.0 Å². The molecule has 3 N–H and O–H groups in total. The number of rotatable bonds is 8. The molecule has 2 aromatic carbocycles. The second-order valence-electron chi connectivity index (χ2n) is 5.91. The number of aryl methyl sites for hydroxylation is 1. The zero-order valence-corrected chi connectivity index (χ0v) is 15.0. The fourth-order valence-electron chi connectivity index (χ4n) is 2.59. The first kappa shape index (κ1) is 19.8. The monoisotopic (exact) mass is 359 g/mol. The number of phenolic OH excluding ortho intramolecular Hbond substituents is 1. The molecule has 0 fully saturated rings. The van der Waals surface area contributed by atoms with E-state index in [0.29, 0.717) is 24.3 Å². The van der Waals surface area contributed by atoms with Crippen LogP contribution in [0.5, 0.6) is 5.75 Å². The maximum Gasteiger partial charge on any atom is 0.412 e. The molecule has 0 aliphatic rings. The van der Waals surface area contributed by atoms with Crippen LogP contribution in [-0.4, -0.2) is 35.6 Å². The number of carbonyl (C=O) groups is 1. The number of ether oxygens (including phenoxy) is 2. The van der Waals surface area contributed by atoms with Gasteiger partial charge in [-0.1, -0.05) is 29.8 Å². The van der Waals surface area contributed by atoms with E-state index in [2.05, 4.69) is 5.32 Å². The highest BCUT2D eigenvalue weighted by Gasteiger charge is 2.27. The minimum atomic E-state index is -0.715. The van der Waals surface area contributed by atoms with Crippen LogP contribution in [0.15, 0.2) is 48.5 Å². The fourth-order valence-corrected chi connectivity index (χ4v) is 2.59. The molecule has 0 unspecified atom stereocenters. The minimum absolute atomic E-state index is 0.0950. The Balaban J connectivity index is 2.17. The molecule has 2 aromatic rings. The molecule has 0 heterocycles. The van der Waals surface area contributed by atoms with Crippen molar-refractivity contribution < 1.29 is 24.5 Å². The number of nitrogens with one attached hydrogen (secondary N) is 1. The van der Waals surface area contributed by atoms with E-state index >= 15 is 0 Å². The highest BCUT2D eigenvalue weighted by Crippen LogP contribution is 2.28. The molecular weight excluding hydrogens is 334 g/mol. The molecule has 0 bridgehead atoms. The summed E-state index contributed by atoms with van der Waals surface area (Å²) in [5.41, 5.74) is 2.39. The average molecular weight is 359 g/mol. The maximum absolute atomic E-state index is 12.4. The third-order valence-electron chi connectivity index (χ3n) is 3.89. The number of hydrogen-bond donors (Lipinski definition) is 3. The minimum Gasteiger partial charge on any atom is -0.508 e. The number of anilines is 1. The van der Waals surface area contributed by atoms with Gasteiger partial charge in [0.1, 0.15) is 11.9 Å². The Morgan fingerprint density at radius 1 is 1.12 bits per heavy atom. The van der Waals surface area contributed by atoms with Crippen LogP contribution in [0.4, 0.5) is 10.5 Å². The van der Waals surface area contributed by atoms with E-state index < -0.39 is 18.3 Å². The van der Waals surface area contributed by atoms with Crippen LogP contribution in [0.2, 0.25) is 0 Å². The molecule has 0 spiro atoms. The number of aliphatic hydroxyl groups is 1. The van der Waals surface area contributed by atoms with Gasteiger partial charge >= 0.3 is 6.09 Å². The fraction of sp³-hybridized carbons (Fsp3) is 0.350. The van der Waals surface area contributed by atoms with Crippen molar-refractivity contribution in [3.05, 3.63) is 59.7 Å². The smallest absolute Gasteiger partial charge is 0.412 e. The summed E-state index contributed by atoms with van der Waals surface area (Å²) in [4.78, 5) is 12.4. The molecule has 26 heavy (non-hydrogen) atoms. The Labute approximate surface area is 153 Å². The molecule has 2 atom stereocenters. The van der Waals surface area contributed by atoms with Crippen LogP contribution in [-0.2, 0) is 9.47 Å². The molecule has 6 heteroatoms. The van der Waals surface area contributed by atoms with Crippen LogP contribution in [0.1, 0.15) is 30.6 Å². The van der Waals surface area contributed by atoms with Crippen molar-refractivity contribution in [3.8, 4) is 5.75 Å². The first-order valence-electron chi connectivity index (χ1n) is 8.59. The topological polar surface area (TPSA) is 88.0 Å². The standard InChI is InChI=1S/C20H25NO5/c1-3-25-18(12-13-22)19(15-6-10-17(23)11-7-15)26-20(24)21-16-8-4-14(2)5-9-16/h4-11,18-19,22-23H,3,12-13H2,1-2H3,(H,21,24)/t18-,19-/m1/s1. The van der Waals surface area contributed by atoms with Crippen LogP contribution in [0.3, 0.4) is 0 Å². The van der Waals surface area contributed by atoms with E-state index in [4.69, 9.17) is 9.47 Å². The Hall–Kier alpha value is -2.57. The van der Waals surface area contributed by atoms with Gasteiger partial charge in [0, 0.05) is 25.3 Å². The van der Waals surface area contributed by atoms with Crippen molar-refractivity contribution in [3.63, 3.8) is 0 Å². The van der Waals surface area contributed by atoms with Crippen molar-refractivity contribution in [1.82, 2.24) is 0 Å². The Morgan fingerprint density at radius 2 is 1.77 bits per heavy atom. The van der Waals surface area contributed by atoms with Gasteiger partial charge in [-0.2, -0.15) is 0 Å². The summed E-state index contributed by atoms with van der Waals surface area (Å²) in [6.45, 7) is 4.12. The lowest BCUT2D eigenvalue weighted by molar-refractivity contribution is -0.0484. The maximum atomic E-state index is 12.4. The number of carbonyl (C=O) groups excluding carboxylic acids is 1. The Morgan fingerprint density at radius 3 is 2.35 bits per heavy atom. The van der Waals surface area contributed by atoms with Crippen molar-refractivity contribution in [1.29, 1.82) is 0 Å². The van der Waals surface area contributed by atoms with E-state index in [1.807, 2.05) is 26.0 Å². The molecule has 0 radical (unpaired) electrons. The molecule has 0 saturated heterocycles.